The largest absolute Gasteiger partial charge is 0.493 e. The van der Waals surface area contributed by atoms with Gasteiger partial charge in [0.1, 0.15) is 11.6 Å². The second kappa shape index (κ2) is 9.17. The average Bonchev–Trinajstić information content (AvgIpc) is 3.34. The van der Waals surface area contributed by atoms with Crippen LogP contribution in [0.4, 0.5) is 4.39 Å². The van der Waals surface area contributed by atoms with Crippen LogP contribution in [0.5, 0.6) is 5.75 Å². The number of aromatic amines is 1. The van der Waals surface area contributed by atoms with Gasteiger partial charge in [-0.15, -0.1) is 5.10 Å². The van der Waals surface area contributed by atoms with Gasteiger partial charge in [0.25, 0.3) is 5.91 Å². The molecule has 4 fully saturated rings. The van der Waals surface area contributed by atoms with Crippen molar-refractivity contribution in [3.8, 4) is 5.75 Å². The van der Waals surface area contributed by atoms with Gasteiger partial charge in [-0.3, -0.25) is 4.79 Å². The van der Waals surface area contributed by atoms with Crippen LogP contribution in [0.2, 0.25) is 0 Å². The highest BCUT2D eigenvalue weighted by atomic mass is 19.1. The summed E-state index contributed by atoms with van der Waals surface area (Å²) in [6.45, 7) is 3.50. The number of tetrazole rings is 1. The fraction of sp³-hybridized carbons (Fsp3) is 0.704. The first-order chi connectivity index (χ1) is 17.0. The number of hydrogen-bond acceptors (Lipinski definition) is 5. The Morgan fingerprint density at radius 3 is 2.66 bits per heavy atom. The van der Waals surface area contributed by atoms with Gasteiger partial charge in [-0.1, -0.05) is 26.2 Å². The Balaban J connectivity index is 1.23. The predicted molar refractivity (Wildman–Crippen MR) is 128 cm³/mol. The summed E-state index contributed by atoms with van der Waals surface area (Å²) >= 11 is 0. The Kier molecular flexibility index (Phi) is 6.01. The van der Waals surface area contributed by atoms with E-state index < -0.39 is 5.82 Å². The lowest BCUT2D eigenvalue weighted by Gasteiger charge is -2.47. The summed E-state index contributed by atoms with van der Waals surface area (Å²) in [4.78, 5) is 15.2. The zero-order valence-corrected chi connectivity index (χ0v) is 20.6. The topological polar surface area (TPSA) is 84.0 Å². The third kappa shape index (κ3) is 4.45. The van der Waals surface area contributed by atoms with E-state index in [1.165, 1.54) is 44.6 Å². The summed E-state index contributed by atoms with van der Waals surface area (Å²) in [5.74, 6) is 2.40. The van der Waals surface area contributed by atoms with E-state index in [4.69, 9.17) is 4.74 Å². The molecule has 1 amide bonds. The quantitative estimate of drug-likeness (QED) is 0.559. The molecule has 3 aliphatic carbocycles. The van der Waals surface area contributed by atoms with Gasteiger partial charge < -0.3 is 9.64 Å². The summed E-state index contributed by atoms with van der Waals surface area (Å²) in [6, 6.07) is 3.01. The molecule has 1 saturated heterocycles. The van der Waals surface area contributed by atoms with Crippen LogP contribution in [-0.2, 0) is 0 Å². The van der Waals surface area contributed by atoms with Crippen molar-refractivity contribution >= 4 is 5.91 Å². The van der Waals surface area contributed by atoms with Crippen LogP contribution < -0.4 is 4.74 Å². The van der Waals surface area contributed by atoms with E-state index in [1.807, 2.05) is 0 Å². The standard InChI is InChI=1S/C27H36FN5O2/c1-2-27(14-17-5-3-6-18(11-17)15-27)16-35-24-13-22(28)21(12-20(24)19-8-9-19)26(34)33-10-4-7-23(33)25-29-31-32-30-25/h12-13,17-19,23H,2-11,14-16H2,1H3,(H,29,30,31,32)/t17?,18?,23-,27?/m0/s1. The number of H-pyrrole nitrogens is 1. The van der Waals surface area contributed by atoms with Crippen LogP contribution in [-0.4, -0.2) is 44.6 Å². The Hall–Kier alpha value is -2.51. The number of hydrogen-bond donors (Lipinski definition) is 1. The van der Waals surface area contributed by atoms with E-state index in [2.05, 4.69) is 27.5 Å². The first-order valence-electron chi connectivity index (χ1n) is 13.6. The fourth-order valence-electron chi connectivity index (χ4n) is 7.15. The number of nitrogens with zero attached hydrogens (tertiary/aromatic N) is 4. The summed E-state index contributed by atoms with van der Waals surface area (Å²) in [7, 11) is 0. The molecule has 3 atom stereocenters. The van der Waals surface area contributed by atoms with Gasteiger partial charge in [0.05, 0.1) is 18.2 Å². The highest BCUT2D eigenvalue weighted by Crippen LogP contribution is 2.51. The zero-order valence-electron chi connectivity index (χ0n) is 20.6. The summed E-state index contributed by atoms with van der Waals surface area (Å²) < 4.78 is 21.9. The number of carbonyl (C=O) groups is 1. The van der Waals surface area contributed by atoms with E-state index in [-0.39, 0.29) is 22.9 Å². The molecule has 8 heteroatoms. The Morgan fingerprint density at radius 1 is 1.17 bits per heavy atom. The normalized spacial score (nSPS) is 30.5. The molecule has 2 aromatic rings. The zero-order chi connectivity index (χ0) is 24.0. The maximum Gasteiger partial charge on any atom is 0.257 e. The van der Waals surface area contributed by atoms with Crippen molar-refractivity contribution in [2.45, 2.75) is 89.5 Å². The number of nitrogens with one attached hydrogen (secondary N) is 1. The molecule has 6 rings (SSSR count). The number of amides is 1. The van der Waals surface area contributed by atoms with Crippen LogP contribution in [0, 0.1) is 23.1 Å². The van der Waals surface area contributed by atoms with Gasteiger partial charge in [-0.25, -0.2) is 9.49 Å². The molecule has 1 N–H and O–H groups in total. The van der Waals surface area contributed by atoms with E-state index in [9.17, 15) is 4.79 Å². The minimum Gasteiger partial charge on any atom is -0.493 e. The van der Waals surface area contributed by atoms with Gasteiger partial charge in [0, 0.05) is 18.0 Å². The number of fused-ring (bicyclic) bond motifs is 2. The van der Waals surface area contributed by atoms with Crippen molar-refractivity contribution in [3.05, 3.63) is 34.9 Å². The van der Waals surface area contributed by atoms with Gasteiger partial charge in [-0.05, 0) is 91.2 Å². The molecule has 0 spiro atoms. The van der Waals surface area contributed by atoms with Crippen molar-refractivity contribution < 1.29 is 13.9 Å². The first-order valence-corrected chi connectivity index (χ1v) is 13.6. The lowest BCUT2D eigenvalue weighted by Crippen LogP contribution is -2.39. The maximum absolute atomic E-state index is 15.4. The van der Waals surface area contributed by atoms with Crippen LogP contribution in [0.1, 0.15) is 111 Å². The molecule has 2 unspecified atom stereocenters. The number of benzene rings is 1. The van der Waals surface area contributed by atoms with Gasteiger partial charge in [0.2, 0.25) is 0 Å². The maximum atomic E-state index is 15.4. The number of likely N-dealkylation sites (tertiary alicyclic amines) is 1. The molecule has 2 heterocycles. The molecule has 1 aliphatic heterocycles. The highest BCUT2D eigenvalue weighted by Gasteiger charge is 2.42. The third-order valence-electron chi connectivity index (χ3n) is 9.16. The molecule has 7 nitrogen and oxygen atoms in total. The van der Waals surface area contributed by atoms with Crippen molar-refractivity contribution in [1.82, 2.24) is 25.5 Å². The van der Waals surface area contributed by atoms with E-state index >= 15 is 4.39 Å². The molecule has 188 valence electrons. The van der Waals surface area contributed by atoms with Crippen LogP contribution >= 0.6 is 0 Å². The number of aromatic nitrogens is 4. The Morgan fingerprint density at radius 2 is 1.97 bits per heavy atom. The molecule has 1 aromatic carbocycles. The SMILES string of the molecule is CCC1(COc2cc(F)c(C(=O)N3CCC[C@H]3c3nnn[nH]3)cc2C2CC2)CC2CCCC(C2)C1. The van der Waals surface area contributed by atoms with Crippen LogP contribution in [0.3, 0.4) is 0 Å². The average molecular weight is 482 g/mol. The molecular formula is C27H36FN5O2. The first kappa shape index (κ1) is 22.9. The highest BCUT2D eigenvalue weighted by molar-refractivity contribution is 5.95. The number of carbonyl (C=O) groups excluding carboxylic acids is 1. The summed E-state index contributed by atoms with van der Waals surface area (Å²) in [6.07, 6.45) is 12.7. The molecule has 35 heavy (non-hydrogen) atoms. The van der Waals surface area contributed by atoms with E-state index in [1.54, 1.807) is 11.0 Å². The van der Waals surface area contributed by atoms with Gasteiger partial charge in [-0.2, -0.15) is 0 Å². The van der Waals surface area contributed by atoms with Crippen LogP contribution in [0.15, 0.2) is 12.1 Å². The smallest absolute Gasteiger partial charge is 0.257 e. The number of halogens is 1. The van der Waals surface area contributed by atoms with Crippen molar-refractivity contribution in [2.75, 3.05) is 13.2 Å². The lowest BCUT2D eigenvalue weighted by molar-refractivity contribution is 0.0127. The molecule has 2 bridgehead atoms. The monoisotopic (exact) mass is 481 g/mol. The van der Waals surface area contributed by atoms with Crippen molar-refractivity contribution in [1.29, 1.82) is 0 Å². The van der Waals surface area contributed by atoms with E-state index in [0.29, 0.717) is 30.6 Å². The van der Waals surface area contributed by atoms with Gasteiger partial charge in [0.15, 0.2) is 5.82 Å². The minimum atomic E-state index is -0.498. The molecule has 0 radical (unpaired) electrons. The third-order valence-corrected chi connectivity index (χ3v) is 9.16. The Bertz CT molecular complexity index is 1060. The fourth-order valence-corrected chi connectivity index (χ4v) is 7.15. The minimum absolute atomic E-state index is 0.135. The molecular weight excluding hydrogens is 445 g/mol. The summed E-state index contributed by atoms with van der Waals surface area (Å²) in [5.41, 5.74) is 1.32. The van der Waals surface area contributed by atoms with Crippen molar-refractivity contribution in [3.63, 3.8) is 0 Å². The molecule has 1 aromatic heterocycles. The summed E-state index contributed by atoms with van der Waals surface area (Å²) in [5, 5.41) is 14.1. The number of rotatable bonds is 7. The molecule has 4 aliphatic rings. The second-order valence-electron chi connectivity index (χ2n) is 11.5. The predicted octanol–water partition coefficient (Wildman–Crippen LogP) is 5.57. The van der Waals surface area contributed by atoms with Crippen molar-refractivity contribution in [2.24, 2.45) is 17.3 Å². The lowest BCUT2D eigenvalue weighted by atomic mass is 9.60. The Labute approximate surface area is 206 Å². The van der Waals surface area contributed by atoms with Gasteiger partial charge >= 0.3 is 0 Å². The van der Waals surface area contributed by atoms with Crippen LogP contribution in [0.25, 0.3) is 0 Å². The molecule has 3 saturated carbocycles. The van der Waals surface area contributed by atoms with E-state index in [0.717, 1.165) is 49.5 Å². The second-order valence-corrected chi connectivity index (χ2v) is 11.5. The number of ether oxygens (including phenoxy) is 1.